The Morgan fingerprint density at radius 1 is 1.04 bits per heavy atom. The molecule has 2 heterocycles. The number of piperazine rings is 1. The summed E-state index contributed by atoms with van der Waals surface area (Å²) >= 11 is 0. The molecular formula is C17H27F5N4O. The topological polar surface area (TPSA) is 56.4 Å². The van der Waals surface area contributed by atoms with Gasteiger partial charge < -0.3 is 10.2 Å². The zero-order chi connectivity index (χ0) is 20.2. The lowest BCUT2D eigenvalue weighted by atomic mass is 9.73. The Morgan fingerprint density at radius 3 is 2.26 bits per heavy atom. The summed E-state index contributed by atoms with van der Waals surface area (Å²) < 4.78 is 68.1. The van der Waals surface area contributed by atoms with E-state index in [2.05, 4.69) is 16.0 Å². The Morgan fingerprint density at radius 2 is 1.70 bits per heavy atom. The third-order valence-corrected chi connectivity index (χ3v) is 6.29. The maximum atomic E-state index is 14.1. The monoisotopic (exact) mass is 398 g/mol. The fraction of sp³-hybridized carbons (Fsp3) is 0.941. The highest BCUT2D eigenvalue weighted by Crippen LogP contribution is 2.47. The summed E-state index contributed by atoms with van der Waals surface area (Å²) in [6, 6.07) is -1.49. The number of alkyl halides is 5. The Labute approximate surface area is 155 Å². The molecule has 0 radical (unpaired) electrons. The zero-order valence-electron chi connectivity index (χ0n) is 15.7. The lowest BCUT2D eigenvalue weighted by Crippen LogP contribution is -2.66. The van der Waals surface area contributed by atoms with E-state index in [0.29, 0.717) is 20.0 Å². The van der Waals surface area contributed by atoms with Crippen molar-refractivity contribution in [3.63, 3.8) is 0 Å². The van der Waals surface area contributed by atoms with Gasteiger partial charge in [-0.15, -0.1) is 0 Å². The van der Waals surface area contributed by atoms with E-state index in [1.54, 1.807) is 18.7 Å². The SMILES string of the molecule is CC(F)(F)C1CC(C(F)(F)F)CC2NC(C(C)(C)N3CCNCC3=O)NC21. The molecule has 1 amide bonds. The smallest absolute Gasteiger partial charge is 0.332 e. The van der Waals surface area contributed by atoms with Crippen LogP contribution < -0.4 is 16.0 Å². The van der Waals surface area contributed by atoms with Gasteiger partial charge in [0.1, 0.15) is 0 Å². The normalized spacial score (nSPS) is 36.1. The molecule has 0 aromatic carbocycles. The van der Waals surface area contributed by atoms with Crippen molar-refractivity contribution in [1.29, 1.82) is 0 Å². The van der Waals surface area contributed by atoms with Crippen molar-refractivity contribution in [3.05, 3.63) is 0 Å². The molecule has 0 aromatic heterocycles. The van der Waals surface area contributed by atoms with Crippen molar-refractivity contribution in [2.24, 2.45) is 11.8 Å². The van der Waals surface area contributed by atoms with E-state index in [4.69, 9.17) is 0 Å². The third kappa shape index (κ3) is 3.93. The van der Waals surface area contributed by atoms with Crippen LogP contribution in [-0.2, 0) is 4.79 Å². The second-order valence-corrected chi connectivity index (χ2v) is 8.55. The molecule has 5 unspecified atom stereocenters. The molecule has 5 atom stereocenters. The van der Waals surface area contributed by atoms with Gasteiger partial charge in [-0.3, -0.25) is 15.4 Å². The molecule has 0 aromatic rings. The van der Waals surface area contributed by atoms with Gasteiger partial charge in [-0.1, -0.05) is 0 Å². The summed E-state index contributed by atoms with van der Waals surface area (Å²) in [6.45, 7) is 5.56. The number of hydrogen-bond donors (Lipinski definition) is 3. The van der Waals surface area contributed by atoms with Crippen molar-refractivity contribution >= 4 is 5.91 Å². The standard InChI is InChI=1S/C17H27F5N4O/c1-15(2,26-5-4-23-8-12(26)27)14-24-11-7-9(17(20,21)22)6-10(13(11)25-14)16(3,18)19/h9-11,13-14,23-25H,4-8H2,1-3H3. The number of amides is 1. The molecule has 156 valence electrons. The second kappa shape index (κ2) is 6.81. The second-order valence-electron chi connectivity index (χ2n) is 8.55. The number of nitrogens with zero attached hydrogens (tertiary/aromatic N) is 1. The van der Waals surface area contributed by atoms with E-state index in [1.165, 1.54) is 0 Å². The molecule has 5 nitrogen and oxygen atoms in total. The van der Waals surface area contributed by atoms with Crippen molar-refractivity contribution in [2.75, 3.05) is 19.6 Å². The average molecular weight is 398 g/mol. The highest BCUT2D eigenvalue weighted by molar-refractivity contribution is 5.79. The number of carbonyl (C=O) groups excluding carboxylic acids is 1. The largest absolute Gasteiger partial charge is 0.391 e. The molecule has 3 N–H and O–H groups in total. The van der Waals surface area contributed by atoms with E-state index in [0.717, 1.165) is 0 Å². The van der Waals surface area contributed by atoms with Crippen molar-refractivity contribution in [2.45, 2.75) is 69.5 Å². The number of hydrogen-bond acceptors (Lipinski definition) is 4. The molecule has 1 saturated carbocycles. The van der Waals surface area contributed by atoms with E-state index < -0.39 is 54.1 Å². The summed E-state index contributed by atoms with van der Waals surface area (Å²) in [5, 5.41) is 9.17. The number of rotatable bonds is 3. The van der Waals surface area contributed by atoms with Crippen molar-refractivity contribution in [1.82, 2.24) is 20.9 Å². The Kier molecular flexibility index (Phi) is 5.22. The highest BCUT2D eigenvalue weighted by atomic mass is 19.4. The molecule has 2 aliphatic heterocycles. The molecule has 27 heavy (non-hydrogen) atoms. The predicted molar refractivity (Wildman–Crippen MR) is 89.2 cm³/mol. The minimum atomic E-state index is -4.50. The van der Waals surface area contributed by atoms with Gasteiger partial charge in [0, 0.05) is 31.1 Å². The van der Waals surface area contributed by atoms with E-state index in [1.807, 2.05) is 0 Å². The van der Waals surface area contributed by atoms with Gasteiger partial charge in [-0.2, -0.15) is 13.2 Å². The van der Waals surface area contributed by atoms with Gasteiger partial charge in [0.05, 0.1) is 24.2 Å². The first kappa shape index (κ1) is 20.7. The minimum absolute atomic E-state index is 0.115. The van der Waals surface area contributed by atoms with Gasteiger partial charge in [0.15, 0.2) is 0 Å². The minimum Gasteiger partial charge on any atom is -0.332 e. The predicted octanol–water partition coefficient (Wildman–Crippen LogP) is 1.70. The van der Waals surface area contributed by atoms with Gasteiger partial charge in [0.2, 0.25) is 11.8 Å². The van der Waals surface area contributed by atoms with E-state index >= 15 is 0 Å². The first-order valence-corrected chi connectivity index (χ1v) is 9.29. The average Bonchev–Trinajstić information content (AvgIpc) is 2.97. The fourth-order valence-corrected chi connectivity index (χ4v) is 4.71. The Bertz CT molecular complexity index is 577. The van der Waals surface area contributed by atoms with E-state index in [9.17, 15) is 26.7 Å². The summed E-state index contributed by atoms with van der Waals surface area (Å²) in [4.78, 5) is 13.9. The highest BCUT2D eigenvalue weighted by Gasteiger charge is 2.58. The van der Waals surface area contributed by atoms with E-state index in [-0.39, 0.29) is 18.9 Å². The lowest BCUT2D eigenvalue weighted by molar-refractivity contribution is -0.199. The van der Waals surface area contributed by atoms with Crippen LogP contribution in [-0.4, -0.2) is 66.3 Å². The van der Waals surface area contributed by atoms with Gasteiger partial charge in [-0.05, 0) is 33.6 Å². The molecule has 10 heteroatoms. The van der Waals surface area contributed by atoms with Gasteiger partial charge in [-0.25, -0.2) is 8.78 Å². The van der Waals surface area contributed by atoms with Gasteiger partial charge >= 0.3 is 6.18 Å². The molecule has 3 rings (SSSR count). The van der Waals surface area contributed by atoms with Crippen LogP contribution in [0.1, 0.15) is 33.6 Å². The maximum Gasteiger partial charge on any atom is 0.391 e. The van der Waals surface area contributed by atoms with Crippen LogP contribution in [0, 0.1) is 11.8 Å². The van der Waals surface area contributed by atoms with Crippen LogP contribution >= 0.6 is 0 Å². The summed E-state index contributed by atoms with van der Waals surface area (Å²) in [5.74, 6) is -6.53. The van der Waals surface area contributed by atoms with Crippen LogP contribution in [0.5, 0.6) is 0 Å². The van der Waals surface area contributed by atoms with Crippen LogP contribution in [0.3, 0.4) is 0 Å². The summed E-state index contributed by atoms with van der Waals surface area (Å²) in [7, 11) is 0. The zero-order valence-corrected chi connectivity index (χ0v) is 15.7. The number of nitrogens with one attached hydrogen (secondary N) is 3. The molecule has 0 bridgehead atoms. The quantitative estimate of drug-likeness (QED) is 0.634. The fourth-order valence-electron chi connectivity index (χ4n) is 4.71. The molecular weight excluding hydrogens is 371 g/mol. The molecule has 2 saturated heterocycles. The number of halogens is 5. The first-order valence-electron chi connectivity index (χ1n) is 9.29. The summed E-state index contributed by atoms with van der Waals surface area (Å²) in [6.07, 6.45) is -5.90. The number of carbonyl (C=O) groups is 1. The molecule has 1 aliphatic carbocycles. The first-order chi connectivity index (χ1) is 12.3. The summed E-state index contributed by atoms with van der Waals surface area (Å²) in [5.41, 5.74) is -0.766. The maximum absolute atomic E-state index is 14.1. The van der Waals surface area contributed by atoms with Crippen LogP contribution in [0.25, 0.3) is 0 Å². The number of fused-ring (bicyclic) bond motifs is 1. The van der Waals surface area contributed by atoms with Crippen LogP contribution in [0.2, 0.25) is 0 Å². The van der Waals surface area contributed by atoms with Crippen LogP contribution in [0.4, 0.5) is 22.0 Å². The third-order valence-electron chi connectivity index (χ3n) is 6.29. The molecule has 3 aliphatic rings. The Hall–Kier alpha value is -1.00. The van der Waals surface area contributed by atoms with Crippen LogP contribution in [0.15, 0.2) is 0 Å². The molecule has 0 spiro atoms. The van der Waals surface area contributed by atoms with Crippen molar-refractivity contribution < 1.29 is 26.7 Å². The lowest BCUT2D eigenvalue weighted by Gasteiger charge is -2.45. The molecule has 3 fully saturated rings. The van der Waals surface area contributed by atoms with Crippen molar-refractivity contribution in [3.8, 4) is 0 Å². The van der Waals surface area contributed by atoms with Gasteiger partial charge in [0.25, 0.3) is 0 Å². The Balaban J connectivity index is 1.82.